The first-order valence-corrected chi connectivity index (χ1v) is 7.96. The molecule has 132 valence electrons. The Bertz CT molecular complexity index is 854. The van der Waals surface area contributed by atoms with E-state index in [9.17, 15) is 4.79 Å². The van der Waals surface area contributed by atoms with Crippen LogP contribution in [0.15, 0.2) is 66.7 Å². The van der Waals surface area contributed by atoms with E-state index in [-0.39, 0.29) is 12.5 Å². The Kier molecular flexibility index (Phi) is 5.61. The number of para-hydroxylation sites is 3. The fraction of sp³-hybridized carbons (Fsp3) is 0.105. The van der Waals surface area contributed by atoms with Crippen LogP contribution in [0.4, 0.5) is 17.3 Å². The molecule has 7 heteroatoms. The Morgan fingerprint density at radius 3 is 2.35 bits per heavy atom. The molecule has 1 heterocycles. The van der Waals surface area contributed by atoms with E-state index in [4.69, 9.17) is 9.47 Å². The lowest BCUT2D eigenvalue weighted by Gasteiger charge is -2.10. The van der Waals surface area contributed by atoms with Crippen LogP contribution in [0, 0.1) is 0 Å². The molecule has 0 unspecified atom stereocenters. The second-order valence-electron chi connectivity index (χ2n) is 5.28. The number of hydrogen-bond donors (Lipinski definition) is 2. The molecule has 0 saturated heterocycles. The Hall–Kier alpha value is -3.61. The largest absolute Gasteiger partial charge is 0.495 e. The summed E-state index contributed by atoms with van der Waals surface area (Å²) in [6, 6.07) is 20.0. The molecule has 0 aliphatic rings. The van der Waals surface area contributed by atoms with Gasteiger partial charge in [0.1, 0.15) is 11.5 Å². The number of rotatable bonds is 7. The molecule has 2 aromatic carbocycles. The number of amides is 1. The summed E-state index contributed by atoms with van der Waals surface area (Å²) in [5.41, 5.74) is 0.775. The standard InChI is InChI=1S/C19H18N4O3/c1-25-16-10-6-5-9-15(16)20-17-11-12-18(23-22-17)21-19(24)13-26-14-7-3-2-4-8-14/h2-12H,13H2,1H3,(H,20,22)(H,21,23,24). The first kappa shape index (κ1) is 17.2. The lowest BCUT2D eigenvalue weighted by molar-refractivity contribution is -0.118. The number of methoxy groups -OCH3 is 1. The third kappa shape index (κ3) is 4.70. The molecule has 0 aliphatic carbocycles. The highest BCUT2D eigenvalue weighted by Crippen LogP contribution is 2.26. The van der Waals surface area contributed by atoms with Crippen LogP contribution in [0.1, 0.15) is 0 Å². The molecular weight excluding hydrogens is 332 g/mol. The van der Waals surface area contributed by atoms with Gasteiger partial charge in [-0.05, 0) is 36.4 Å². The molecule has 0 atom stereocenters. The molecule has 3 rings (SSSR count). The molecule has 0 fully saturated rings. The number of hydrogen-bond acceptors (Lipinski definition) is 6. The van der Waals surface area contributed by atoms with Gasteiger partial charge in [-0.3, -0.25) is 4.79 Å². The van der Waals surface area contributed by atoms with Crippen molar-refractivity contribution in [2.45, 2.75) is 0 Å². The maximum absolute atomic E-state index is 11.9. The van der Waals surface area contributed by atoms with Crippen LogP contribution in [-0.2, 0) is 4.79 Å². The minimum Gasteiger partial charge on any atom is -0.495 e. The fourth-order valence-corrected chi connectivity index (χ4v) is 2.20. The van der Waals surface area contributed by atoms with Crippen LogP contribution in [0.5, 0.6) is 11.5 Å². The molecule has 0 radical (unpaired) electrons. The number of nitrogens with zero attached hydrogens (tertiary/aromatic N) is 2. The van der Waals surface area contributed by atoms with E-state index in [2.05, 4.69) is 20.8 Å². The second-order valence-corrected chi connectivity index (χ2v) is 5.28. The highest BCUT2D eigenvalue weighted by Gasteiger charge is 2.07. The SMILES string of the molecule is COc1ccccc1Nc1ccc(NC(=O)COc2ccccc2)nn1. The van der Waals surface area contributed by atoms with Crippen molar-refractivity contribution < 1.29 is 14.3 Å². The maximum atomic E-state index is 11.9. The number of anilines is 3. The number of carbonyl (C=O) groups is 1. The second kappa shape index (κ2) is 8.48. The number of aromatic nitrogens is 2. The summed E-state index contributed by atoms with van der Waals surface area (Å²) in [7, 11) is 1.60. The van der Waals surface area contributed by atoms with E-state index >= 15 is 0 Å². The van der Waals surface area contributed by atoms with Gasteiger partial charge < -0.3 is 20.1 Å². The summed E-state index contributed by atoms with van der Waals surface area (Å²) in [5, 5.41) is 13.8. The van der Waals surface area contributed by atoms with Crippen molar-refractivity contribution in [3.05, 3.63) is 66.7 Å². The Morgan fingerprint density at radius 2 is 1.62 bits per heavy atom. The first-order valence-electron chi connectivity index (χ1n) is 7.96. The Labute approximate surface area is 151 Å². The van der Waals surface area contributed by atoms with E-state index in [1.54, 1.807) is 31.4 Å². The molecule has 1 aromatic heterocycles. The number of ether oxygens (including phenoxy) is 2. The van der Waals surface area contributed by atoms with E-state index in [0.717, 1.165) is 5.69 Å². The highest BCUT2D eigenvalue weighted by atomic mass is 16.5. The molecule has 1 amide bonds. The summed E-state index contributed by atoms with van der Waals surface area (Å²) in [6.45, 7) is -0.104. The van der Waals surface area contributed by atoms with Gasteiger partial charge in [0.25, 0.3) is 5.91 Å². The van der Waals surface area contributed by atoms with E-state index in [0.29, 0.717) is 23.1 Å². The summed E-state index contributed by atoms with van der Waals surface area (Å²) in [5.74, 6) is 1.90. The van der Waals surface area contributed by atoms with Crippen molar-refractivity contribution in [1.82, 2.24) is 10.2 Å². The van der Waals surface area contributed by atoms with Gasteiger partial charge in [-0.2, -0.15) is 0 Å². The molecule has 0 saturated carbocycles. The van der Waals surface area contributed by atoms with Gasteiger partial charge in [0.2, 0.25) is 0 Å². The van der Waals surface area contributed by atoms with Crippen molar-refractivity contribution in [1.29, 1.82) is 0 Å². The summed E-state index contributed by atoms with van der Waals surface area (Å²) >= 11 is 0. The smallest absolute Gasteiger partial charge is 0.263 e. The van der Waals surface area contributed by atoms with Crippen molar-refractivity contribution >= 4 is 23.2 Å². The molecule has 0 aliphatic heterocycles. The molecule has 26 heavy (non-hydrogen) atoms. The van der Waals surface area contributed by atoms with Gasteiger partial charge in [-0.1, -0.05) is 30.3 Å². The summed E-state index contributed by atoms with van der Waals surface area (Å²) in [4.78, 5) is 11.9. The van der Waals surface area contributed by atoms with Crippen LogP contribution >= 0.6 is 0 Å². The van der Waals surface area contributed by atoms with Crippen molar-refractivity contribution in [3.8, 4) is 11.5 Å². The van der Waals surface area contributed by atoms with Crippen molar-refractivity contribution in [2.75, 3.05) is 24.4 Å². The minimum absolute atomic E-state index is 0.104. The minimum atomic E-state index is -0.311. The third-order valence-corrected chi connectivity index (χ3v) is 3.41. The number of carbonyl (C=O) groups excluding carboxylic acids is 1. The van der Waals surface area contributed by atoms with Gasteiger partial charge in [0.05, 0.1) is 12.8 Å². The van der Waals surface area contributed by atoms with Crippen LogP contribution < -0.4 is 20.1 Å². The zero-order chi connectivity index (χ0) is 18.2. The van der Waals surface area contributed by atoms with E-state index in [1.165, 1.54) is 0 Å². The highest BCUT2D eigenvalue weighted by molar-refractivity contribution is 5.90. The quantitative estimate of drug-likeness (QED) is 0.680. The normalized spacial score (nSPS) is 10.0. The number of benzene rings is 2. The average molecular weight is 350 g/mol. The maximum Gasteiger partial charge on any atom is 0.263 e. The fourth-order valence-electron chi connectivity index (χ4n) is 2.20. The Balaban J connectivity index is 1.55. The molecule has 7 nitrogen and oxygen atoms in total. The van der Waals surface area contributed by atoms with E-state index < -0.39 is 0 Å². The number of nitrogens with one attached hydrogen (secondary N) is 2. The van der Waals surface area contributed by atoms with Gasteiger partial charge >= 0.3 is 0 Å². The molecule has 0 spiro atoms. The van der Waals surface area contributed by atoms with E-state index in [1.807, 2.05) is 42.5 Å². The zero-order valence-corrected chi connectivity index (χ0v) is 14.2. The van der Waals surface area contributed by atoms with Crippen LogP contribution in [0.2, 0.25) is 0 Å². The zero-order valence-electron chi connectivity index (χ0n) is 14.2. The topological polar surface area (TPSA) is 85.4 Å². The predicted octanol–water partition coefficient (Wildman–Crippen LogP) is 3.25. The third-order valence-electron chi connectivity index (χ3n) is 3.41. The monoisotopic (exact) mass is 350 g/mol. The summed E-state index contributed by atoms with van der Waals surface area (Å²) in [6.07, 6.45) is 0. The van der Waals surface area contributed by atoms with Gasteiger partial charge in [0.15, 0.2) is 18.2 Å². The summed E-state index contributed by atoms with van der Waals surface area (Å²) < 4.78 is 10.7. The molecule has 2 N–H and O–H groups in total. The first-order chi connectivity index (χ1) is 12.7. The van der Waals surface area contributed by atoms with Gasteiger partial charge in [-0.15, -0.1) is 10.2 Å². The average Bonchev–Trinajstić information content (AvgIpc) is 2.69. The Morgan fingerprint density at radius 1 is 0.923 bits per heavy atom. The molecular formula is C19H18N4O3. The lowest BCUT2D eigenvalue weighted by atomic mass is 10.3. The van der Waals surface area contributed by atoms with Crippen molar-refractivity contribution in [3.63, 3.8) is 0 Å². The van der Waals surface area contributed by atoms with Crippen LogP contribution in [0.25, 0.3) is 0 Å². The molecule has 0 bridgehead atoms. The van der Waals surface area contributed by atoms with Crippen LogP contribution in [-0.4, -0.2) is 29.8 Å². The molecule has 3 aromatic rings. The van der Waals surface area contributed by atoms with Crippen LogP contribution in [0.3, 0.4) is 0 Å². The lowest BCUT2D eigenvalue weighted by Crippen LogP contribution is -2.21. The van der Waals surface area contributed by atoms with Gasteiger partial charge in [0, 0.05) is 0 Å². The predicted molar refractivity (Wildman–Crippen MR) is 98.9 cm³/mol. The van der Waals surface area contributed by atoms with Gasteiger partial charge in [-0.25, -0.2) is 0 Å². The van der Waals surface area contributed by atoms with Crippen molar-refractivity contribution in [2.24, 2.45) is 0 Å².